The van der Waals surface area contributed by atoms with Crippen molar-refractivity contribution in [3.63, 3.8) is 0 Å². The molecule has 5 heteroatoms. The molecule has 1 aliphatic rings. The van der Waals surface area contributed by atoms with E-state index in [4.69, 9.17) is 4.74 Å². The molecule has 3 atom stereocenters. The van der Waals surface area contributed by atoms with Crippen LogP contribution in [0.4, 0.5) is 0 Å². The lowest BCUT2D eigenvalue weighted by Crippen LogP contribution is -3.13. The zero-order valence-corrected chi connectivity index (χ0v) is 17.7. The lowest BCUT2D eigenvalue weighted by atomic mass is 10.00. The monoisotopic (exact) mass is 409 g/mol. The lowest BCUT2D eigenvalue weighted by molar-refractivity contribution is -0.908. The van der Waals surface area contributed by atoms with E-state index in [-0.39, 0.29) is 18.1 Å². The molecule has 0 spiro atoms. The number of nitrogens with one attached hydrogen (secondary N) is 2. The third-order valence-electron chi connectivity index (χ3n) is 5.62. The topological polar surface area (TPSA) is 42.8 Å². The van der Waals surface area contributed by atoms with E-state index in [9.17, 15) is 4.79 Å². The molecule has 0 radical (unpaired) electrons. The van der Waals surface area contributed by atoms with Crippen molar-refractivity contribution in [2.45, 2.75) is 38.5 Å². The first kappa shape index (κ1) is 20.1. The molecular formula is C24H29N2O2S+. The number of amides is 1. The predicted octanol–water partition coefficient (Wildman–Crippen LogP) is 3.34. The molecule has 152 valence electrons. The molecular weight excluding hydrogens is 380 g/mol. The Morgan fingerprint density at radius 1 is 1.21 bits per heavy atom. The molecule has 0 aliphatic carbocycles. The molecule has 0 saturated carbocycles. The van der Waals surface area contributed by atoms with Crippen LogP contribution in [0.1, 0.15) is 36.2 Å². The van der Waals surface area contributed by atoms with Crippen molar-refractivity contribution in [2.75, 3.05) is 19.7 Å². The number of ether oxygens (including phenoxy) is 1. The summed E-state index contributed by atoms with van der Waals surface area (Å²) in [6, 6.07) is 18.8. The zero-order chi connectivity index (χ0) is 20.1. The van der Waals surface area contributed by atoms with Gasteiger partial charge >= 0.3 is 0 Å². The maximum atomic E-state index is 12.9. The van der Waals surface area contributed by atoms with E-state index in [0.29, 0.717) is 6.54 Å². The van der Waals surface area contributed by atoms with Crippen LogP contribution in [0.5, 0.6) is 0 Å². The van der Waals surface area contributed by atoms with Gasteiger partial charge in [-0.1, -0.05) is 48.5 Å². The first-order chi connectivity index (χ1) is 14.2. The number of rotatable bonds is 8. The highest BCUT2D eigenvalue weighted by atomic mass is 32.1. The molecule has 4 rings (SSSR count). The van der Waals surface area contributed by atoms with Crippen LogP contribution in [0.3, 0.4) is 0 Å². The highest BCUT2D eigenvalue weighted by Gasteiger charge is 2.25. The first-order valence-electron chi connectivity index (χ1n) is 10.4. The molecule has 1 unspecified atom stereocenters. The fraction of sp³-hybridized carbons (Fsp3) is 0.375. The van der Waals surface area contributed by atoms with Crippen molar-refractivity contribution in [3.05, 3.63) is 70.4 Å². The minimum absolute atomic E-state index is 0.0284. The third-order valence-corrected chi connectivity index (χ3v) is 6.50. The predicted molar refractivity (Wildman–Crippen MR) is 118 cm³/mol. The quantitative estimate of drug-likeness (QED) is 0.599. The van der Waals surface area contributed by atoms with Gasteiger partial charge in [0.1, 0.15) is 19.2 Å². The summed E-state index contributed by atoms with van der Waals surface area (Å²) < 4.78 is 5.83. The second-order valence-electron chi connectivity index (χ2n) is 7.88. The summed E-state index contributed by atoms with van der Waals surface area (Å²) in [5.41, 5.74) is 1.16. The smallest absolute Gasteiger partial charge is 0.275 e. The van der Waals surface area contributed by atoms with Crippen LogP contribution in [-0.4, -0.2) is 31.7 Å². The fourth-order valence-electron chi connectivity index (χ4n) is 4.22. The molecule has 1 fully saturated rings. The maximum absolute atomic E-state index is 12.9. The minimum Gasteiger partial charge on any atom is -0.372 e. The molecule has 3 aromatic rings. The van der Waals surface area contributed by atoms with Gasteiger partial charge in [-0.25, -0.2) is 0 Å². The van der Waals surface area contributed by atoms with Gasteiger partial charge in [-0.3, -0.25) is 4.79 Å². The van der Waals surface area contributed by atoms with Gasteiger partial charge < -0.3 is 15.0 Å². The van der Waals surface area contributed by atoms with Gasteiger partial charge in [0.25, 0.3) is 5.91 Å². The Morgan fingerprint density at radius 3 is 2.86 bits per heavy atom. The van der Waals surface area contributed by atoms with Crippen molar-refractivity contribution in [1.82, 2.24) is 5.32 Å². The second kappa shape index (κ2) is 9.53. The highest BCUT2D eigenvalue weighted by molar-refractivity contribution is 7.09. The minimum atomic E-state index is -0.0284. The number of carbonyl (C=O) groups is 1. The molecule has 2 aromatic carbocycles. The van der Waals surface area contributed by atoms with E-state index in [1.54, 1.807) is 11.3 Å². The molecule has 2 N–H and O–H groups in total. The Balaban J connectivity index is 1.42. The summed E-state index contributed by atoms with van der Waals surface area (Å²) in [5, 5.41) is 7.73. The standard InChI is InChI=1S/C24H28N2O2S/c1-18(22-12-4-8-19-7-2-3-11-23(19)22)25-24(27)17-26(15-20-9-5-13-28-20)16-21-10-6-14-29-21/h2-4,6-8,10-12,14,18,20H,5,9,13,15-17H2,1H3,(H,25,27)/p+1/t18-,20-/m0/s1. The highest BCUT2D eigenvalue weighted by Crippen LogP contribution is 2.23. The Morgan fingerprint density at radius 2 is 2.07 bits per heavy atom. The molecule has 29 heavy (non-hydrogen) atoms. The normalized spacial score (nSPS) is 18.6. The average Bonchev–Trinajstić information content (AvgIpc) is 3.41. The van der Waals surface area contributed by atoms with Crippen molar-refractivity contribution in [1.29, 1.82) is 0 Å². The number of carbonyl (C=O) groups excluding carboxylic acids is 1. The molecule has 2 heterocycles. The number of hydrogen-bond acceptors (Lipinski definition) is 3. The number of quaternary nitrogens is 1. The van der Waals surface area contributed by atoms with Crippen LogP contribution in [0, 0.1) is 0 Å². The fourth-order valence-corrected chi connectivity index (χ4v) is 5.00. The van der Waals surface area contributed by atoms with Crippen LogP contribution in [0.25, 0.3) is 10.8 Å². The van der Waals surface area contributed by atoms with E-state index in [1.165, 1.54) is 20.5 Å². The van der Waals surface area contributed by atoms with Gasteiger partial charge in [-0.2, -0.15) is 0 Å². The number of fused-ring (bicyclic) bond motifs is 1. The van der Waals surface area contributed by atoms with Crippen molar-refractivity contribution in [2.24, 2.45) is 0 Å². The van der Waals surface area contributed by atoms with Gasteiger partial charge in [0, 0.05) is 6.61 Å². The Hall–Kier alpha value is -2.21. The maximum Gasteiger partial charge on any atom is 0.275 e. The summed E-state index contributed by atoms with van der Waals surface area (Å²) in [6.07, 6.45) is 2.50. The molecule has 1 saturated heterocycles. The summed E-state index contributed by atoms with van der Waals surface area (Å²) in [6.45, 7) is 5.13. The molecule has 4 nitrogen and oxygen atoms in total. The summed E-state index contributed by atoms with van der Waals surface area (Å²) in [4.78, 5) is 15.5. The molecule has 1 amide bonds. The van der Waals surface area contributed by atoms with E-state index in [1.807, 2.05) is 6.07 Å². The summed E-state index contributed by atoms with van der Waals surface area (Å²) in [7, 11) is 0. The molecule has 1 aliphatic heterocycles. The number of thiophene rings is 1. The third kappa shape index (κ3) is 5.24. The van der Waals surface area contributed by atoms with Gasteiger partial charge in [0.15, 0.2) is 6.54 Å². The van der Waals surface area contributed by atoms with E-state index in [0.717, 1.165) is 38.1 Å². The van der Waals surface area contributed by atoms with Crippen molar-refractivity contribution >= 4 is 28.0 Å². The Labute approximate surface area is 176 Å². The number of hydrogen-bond donors (Lipinski definition) is 2. The zero-order valence-electron chi connectivity index (χ0n) is 16.9. The van der Waals surface area contributed by atoms with Crippen LogP contribution in [0.2, 0.25) is 0 Å². The van der Waals surface area contributed by atoms with Gasteiger partial charge in [-0.05, 0) is 47.5 Å². The number of benzene rings is 2. The van der Waals surface area contributed by atoms with E-state index < -0.39 is 0 Å². The van der Waals surface area contributed by atoms with Crippen LogP contribution < -0.4 is 10.2 Å². The van der Waals surface area contributed by atoms with Crippen molar-refractivity contribution in [3.8, 4) is 0 Å². The molecule has 1 aromatic heterocycles. The SMILES string of the molecule is C[C@H](NC(=O)C[NH+](Cc1cccs1)C[C@@H]1CCCO1)c1cccc2ccccc12. The second-order valence-corrected chi connectivity index (χ2v) is 8.91. The van der Waals surface area contributed by atoms with Crippen molar-refractivity contribution < 1.29 is 14.4 Å². The van der Waals surface area contributed by atoms with Crippen LogP contribution in [-0.2, 0) is 16.1 Å². The summed E-state index contributed by atoms with van der Waals surface area (Å²) >= 11 is 1.76. The Bertz CT molecular complexity index is 930. The van der Waals surface area contributed by atoms with Gasteiger partial charge in [-0.15, -0.1) is 11.3 Å². The average molecular weight is 410 g/mol. The largest absolute Gasteiger partial charge is 0.372 e. The summed E-state index contributed by atoms with van der Waals surface area (Å²) in [5.74, 6) is 0.0926. The van der Waals surface area contributed by atoms with Crippen LogP contribution in [0.15, 0.2) is 60.0 Å². The Kier molecular flexibility index (Phi) is 6.60. The lowest BCUT2D eigenvalue weighted by Gasteiger charge is -2.23. The van der Waals surface area contributed by atoms with E-state index in [2.05, 4.69) is 66.2 Å². The first-order valence-corrected chi connectivity index (χ1v) is 11.3. The van der Waals surface area contributed by atoms with Gasteiger partial charge in [0.2, 0.25) is 0 Å². The van der Waals surface area contributed by atoms with Gasteiger partial charge in [0.05, 0.1) is 10.9 Å². The molecule has 0 bridgehead atoms. The van der Waals surface area contributed by atoms with Crippen LogP contribution >= 0.6 is 11.3 Å². The van der Waals surface area contributed by atoms with E-state index >= 15 is 0 Å².